The molecule has 0 aliphatic rings. The number of nitrogens with zero attached hydrogens (tertiary/aromatic N) is 1. The van der Waals surface area contributed by atoms with E-state index in [4.69, 9.17) is 0 Å². The van der Waals surface area contributed by atoms with Crippen LogP contribution in [0.2, 0.25) is 0 Å². The van der Waals surface area contributed by atoms with Crippen molar-refractivity contribution in [3.8, 4) is 5.88 Å². The van der Waals surface area contributed by atoms with Crippen LogP contribution in [0.3, 0.4) is 0 Å². The van der Waals surface area contributed by atoms with Crippen molar-refractivity contribution in [1.82, 2.24) is 4.98 Å². The van der Waals surface area contributed by atoms with Crippen molar-refractivity contribution in [2.24, 2.45) is 0 Å². The molecule has 0 radical (unpaired) electrons. The Morgan fingerprint density at radius 2 is 2.20 bits per heavy atom. The third kappa shape index (κ3) is 4.20. The number of hydrogen-bond acceptors (Lipinski definition) is 4. The number of halogens is 2. The third-order valence-corrected chi connectivity index (χ3v) is 2.30. The van der Waals surface area contributed by atoms with Crippen LogP contribution in [0.5, 0.6) is 5.88 Å². The van der Waals surface area contributed by atoms with Crippen LogP contribution in [0, 0.1) is 0 Å². The highest BCUT2D eigenvalue weighted by Gasteiger charge is 2.14. The first kappa shape index (κ1) is 11.8. The Morgan fingerprint density at radius 1 is 1.53 bits per heavy atom. The molecular weight excluding hydrogens is 228 g/mol. The lowest BCUT2D eigenvalue weighted by molar-refractivity contribution is -0.0533. The van der Waals surface area contributed by atoms with Gasteiger partial charge >= 0.3 is 6.61 Å². The minimum atomic E-state index is -3.30. The molecule has 0 bridgehead atoms. The number of pyridine rings is 1. The summed E-state index contributed by atoms with van der Waals surface area (Å²) in [6.07, 6.45) is 2.26. The fourth-order valence-corrected chi connectivity index (χ4v) is 1.79. The maximum absolute atomic E-state index is 11.9. The first-order valence-electron chi connectivity index (χ1n) is 3.95. The average Bonchev–Trinajstić information content (AvgIpc) is 2.05. The number of aromatic nitrogens is 1. The summed E-state index contributed by atoms with van der Waals surface area (Å²) in [5, 5.41) is 0. The molecule has 15 heavy (non-hydrogen) atoms. The number of alkyl halides is 2. The highest BCUT2D eigenvalue weighted by atomic mass is 32.2. The first-order chi connectivity index (χ1) is 6.88. The van der Waals surface area contributed by atoms with Gasteiger partial charge in [0.1, 0.15) is 0 Å². The Labute approximate surface area is 85.8 Å². The Hall–Kier alpha value is -1.24. The summed E-state index contributed by atoms with van der Waals surface area (Å²) in [5.74, 6) is -0.721. The van der Waals surface area contributed by atoms with Gasteiger partial charge in [0.15, 0.2) is 9.84 Å². The predicted octanol–water partition coefficient (Wildman–Crippen LogP) is 1.23. The van der Waals surface area contributed by atoms with Crippen LogP contribution in [0.25, 0.3) is 0 Å². The Bertz CT molecular complexity index is 433. The zero-order valence-corrected chi connectivity index (χ0v) is 8.67. The lowest BCUT2D eigenvalue weighted by Crippen LogP contribution is -2.08. The minimum Gasteiger partial charge on any atom is -0.417 e. The highest BCUT2D eigenvalue weighted by Crippen LogP contribution is 2.18. The lowest BCUT2D eigenvalue weighted by Gasteiger charge is -2.07. The summed E-state index contributed by atoms with van der Waals surface area (Å²) in [7, 11) is -3.30. The summed E-state index contributed by atoms with van der Waals surface area (Å²) in [6, 6.07) is 2.84. The maximum Gasteiger partial charge on any atom is 0.388 e. The van der Waals surface area contributed by atoms with Crippen LogP contribution in [0.4, 0.5) is 8.78 Å². The van der Waals surface area contributed by atoms with Gasteiger partial charge in [-0.05, 0) is 6.07 Å². The fraction of sp³-hybridized carbons (Fsp3) is 0.375. The maximum atomic E-state index is 11.9. The van der Waals surface area contributed by atoms with Gasteiger partial charge in [-0.2, -0.15) is 8.78 Å². The lowest BCUT2D eigenvalue weighted by atomic mass is 10.3. The van der Waals surface area contributed by atoms with Gasteiger partial charge in [0.2, 0.25) is 5.88 Å². The van der Waals surface area contributed by atoms with E-state index in [0.717, 1.165) is 6.26 Å². The molecule has 84 valence electrons. The van der Waals surface area contributed by atoms with E-state index >= 15 is 0 Å². The standard InChI is InChI=1S/C8H9F2NO3S/c1-15(12,13)5-6-3-2-4-11-7(6)14-8(9)10/h2-4,8H,5H2,1H3. The monoisotopic (exact) mass is 237 g/mol. The number of sulfone groups is 1. The molecular formula is C8H9F2NO3S. The third-order valence-electron chi connectivity index (χ3n) is 1.47. The normalized spacial score (nSPS) is 11.7. The second-order valence-electron chi connectivity index (χ2n) is 2.92. The van der Waals surface area contributed by atoms with Crippen LogP contribution < -0.4 is 4.74 Å². The quantitative estimate of drug-likeness (QED) is 0.790. The van der Waals surface area contributed by atoms with Crippen molar-refractivity contribution < 1.29 is 21.9 Å². The molecule has 4 nitrogen and oxygen atoms in total. The van der Waals surface area contributed by atoms with Gasteiger partial charge in [-0.15, -0.1) is 0 Å². The van der Waals surface area contributed by atoms with Crippen molar-refractivity contribution in [2.75, 3.05) is 6.26 Å². The molecule has 0 atom stereocenters. The Morgan fingerprint density at radius 3 is 2.73 bits per heavy atom. The SMILES string of the molecule is CS(=O)(=O)Cc1cccnc1OC(F)F. The van der Waals surface area contributed by atoms with Crippen molar-refractivity contribution in [3.63, 3.8) is 0 Å². The number of hydrogen-bond donors (Lipinski definition) is 0. The molecule has 0 unspecified atom stereocenters. The van der Waals surface area contributed by atoms with E-state index in [-0.39, 0.29) is 17.2 Å². The molecule has 0 spiro atoms. The van der Waals surface area contributed by atoms with Crippen LogP contribution in [0.1, 0.15) is 5.56 Å². The second-order valence-corrected chi connectivity index (χ2v) is 5.06. The molecule has 1 heterocycles. The van der Waals surface area contributed by atoms with Gasteiger partial charge < -0.3 is 4.74 Å². The van der Waals surface area contributed by atoms with E-state index in [1.807, 2.05) is 0 Å². The summed E-state index contributed by atoms with van der Waals surface area (Å²) in [5.41, 5.74) is 0.125. The van der Waals surface area contributed by atoms with Crippen LogP contribution in [0.15, 0.2) is 18.3 Å². The molecule has 0 amide bonds. The van der Waals surface area contributed by atoms with Crippen molar-refractivity contribution in [2.45, 2.75) is 12.4 Å². The summed E-state index contributed by atoms with van der Waals surface area (Å²) in [6.45, 7) is -3.02. The molecule has 0 fully saturated rings. The molecule has 0 aliphatic heterocycles. The zero-order chi connectivity index (χ0) is 11.5. The zero-order valence-electron chi connectivity index (χ0n) is 7.85. The van der Waals surface area contributed by atoms with Crippen LogP contribution >= 0.6 is 0 Å². The van der Waals surface area contributed by atoms with Crippen molar-refractivity contribution in [3.05, 3.63) is 23.9 Å². The number of ether oxygens (including phenoxy) is 1. The molecule has 7 heteroatoms. The molecule has 0 saturated carbocycles. The first-order valence-corrected chi connectivity index (χ1v) is 6.01. The molecule has 0 aliphatic carbocycles. The highest BCUT2D eigenvalue weighted by molar-refractivity contribution is 7.89. The van der Waals surface area contributed by atoms with Gasteiger partial charge in [-0.25, -0.2) is 13.4 Å². The van der Waals surface area contributed by atoms with Gasteiger partial charge in [0.05, 0.1) is 5.75 Å². The molecule has 1 aromatic rings. The molecule has 0 aromatic carbocycles. The van der Waals surface area contributed by atoms with E-state index in [2.05, 4.69) is 9.72 Å². The molecule has 1 aromatic heterocycles. The fourth-order valence-electron chi connectivity index (χ4n) is 1.01. The number of rotatable bonds is 4. The Balaban J connectivity index is 2.96. The van der Waals surface area contributed by atoms with Gasteiger partial charge in [-0.1, -0.05) is 6.07 Å². The van der Waals surface area contributed by atoms with E-state index in [0.29, 0.717) is 0 Å². The summed E-state index contributed by atoms with van der Waals surface area (Å²) >= 11 is 0. The van der Waals surface area contributed by atoms with E-state index in [1.54, 1.807) is 0 Å². The largest absolute Gasteiger partial charge is 0.417 e. The van der Waals surface area contributed by atoms with E-state index in [9.17, 15) is 17.2 Å². The molecule has 0 N–H and O–H groups in total. The van der Waals surface area contributed by atoms with Crippen LogP contribution in [-0.4, -0.2) is 26.3 Å². The smallest absolute Gasteiger partial charge is 0.388 e. The van der Waals surface area contributed by atoms with Crippen molar-refractivity contribution >= 4 is 9.84 Å². The Kier molecular flexibility index (Phi) is 3.57. The van der Waals surface area contributed by atoms with E-state index < -0.39 is 16.4 Å². The average molecular weight is 237 g/mol. The van der Waals surface area contributed by atoms with E-state index in [1.165, 1.54) is 18.3 Å². The second kappa shape index (κ2) is 4.52. The van der Waals surface area contributed by atoms with Crippen molar-refractivity contribution in [1.29, 1.82) is 0 Å². The topological polar surface area (TPSA) is 56.3 Å². The minimum absolute atomic E-state index is 0.125. The van der Waals surface area contributed by atoms with Gasteiger partial charge in [0.25, 0.3) is 0 Å². The summed E-state index contributed by atoms with van der Waals surface area (Å²) in [4.78, 5) is 3.54. The van der Waals surface area contributed by atoms with Crippen LogP contribution in [-0.2, 0) is 15.6 Å². The molecule has 0 saturated heterocycles. The van der Waals surface area contributed by atoms with Gasteiger partial charge in [0, 0.05) is 18.0 Å². The van der Waals surface area contributed by atoms with Gasteiger partial charge in [-0.3, -0.25) is 0 Å². The summed E-state index contributed by atoms with van der Waals surface area (Å²) < 4.78 is 49.9. The molecule has 1 rings (SSSR count). The predicted molar refractivity (Wildman–Crippen MR) is 49.4 cm³/mol.